The highest BCUT2D eigenvalue weighted by Crippen LogP contribution is 2.36. The number of ether oxygens (including phenoxy) is 3. The second kappa shape index (κ2) is 8.65. The first-order valence-electron chi connectivity index (χ1n) is 9.18. The molecule has 1 heterocycles. The summed E-state index contributed by atoms with van der Waals surface area (Å²) in [5.74, 6) is 1.74. The van der Waals surface area contributed by atoms with Crippen LogP contribution in [-0.4, -0.2) is 26.7 Å². The van der Waals surface area contributed by atoms with E-state index in [2.05, 4.69) is 11.9 Å². The second-order valence-corrected chi connectivity index (χ2v) is 6.51. The first kappa shape index (κ1) is 19.5. The van der Waals surface area contributed by atoms with E-state index in [4.69, 9.17) is 14.2 Å². The number of hydrogen-bond acceptors (Lipinski definition) is 4. The summed E-state index contributed by atoms with van der Waals surface area (Å²) in [4.78, 5) is 12.8. The van der Waals surface area contributed by atoms with Crippen molar-refractivity contribution in [1.82, 2.24) is 0 Å². The van der Waals surface area contributed by atoms with Crippen LogP contribution in [0.1, 0.15) is 18.1 Å². The molecule has 0 saturated carbocycles. The summed E-state index contributed by atoms with van der Waals surface area (Å²) in [6.07, 6.45) is 4.35. The number of benzene rings is 2. The molecule has 0 bridgehead atoms. The van der Waals surface area contributed by atoms with Crippen molar-refractivity contribution in [3.8, 4) is 17.2 Å². The molecule has 146 valence electrons. The normalized spacial score (nSPS) is 15.8. The third-order valence-corrected chi connectivity index (χ3v) is 4.86. The van der Waals surface area contributed by atoms with Crippen LogP contribution in [-0.2, 0) is 11.2 Å². The molecule has 1 amide bonds. The van der Waals surface area contributed by atoms with Crippen LogP contribution in [0.4, 0.5) is 5.69 Å². The minimum atomic E-state index is -0.274. The monoisotopic (exact) mass is 379 g/mol. The van der Waals surface area contributed by atoms with Gasteiger partial charge in [0.25, 0.3) is 0 Å². The summed E-state index contributed by atoms with van der Waals surface area (Å²) in [6, 6.07) is 11.3. The zero-order chi connectivity index (χ0) is 20.1. The molecule has 0 fully saturated rings. The van der Waals surface area contributed by atoms with Crippen molar-refractivity contribution in [2.24, 2.45) is 5.92 Å². The molecule has 1 aliphatic heterocycles. The number of carbonyl (C=O) groups excluding carboxylic acids is 1. The van der Waals surface area contributed by atoms with Crippen LogP contribution in [0.15, 0.2) is 55.1 Å². The molecule has 1 unspecified atom stereocenters. The maximum Gasteiger partial charge on any atom is 0.231 e. The van der Waals surface area contributed by atoms with E-state index in [1.807, 2.05) is 49.4 Å². The lowest BCUT2D eigenvalue weighted by atomic mass is 9.95. The lowest BCUT2D eigenvalue weighted by Crippen LogP contribution is -2.32. The molecular weight excluding hydrogens is 354 g/mol. The van der Waals surface area contributed by atoms with Crippen LogP contribution in [0.25, 0.3) is 5.57 Å². The summed E-state index contributed by atoms with van der Waals surface area (Å²) >= 11 is 0. The Morgan fingerprint density at radius 1 is 1.21 bits per heavy atom. The van der Waals surface area contributed by atoms with Crippen molar-refractivity contribution in [2.45, 2.75) is 13.3 Å². The van der Waals surface area contributed by atoms with Crippen molar-refractivity contribution in [1.29, 1.82) is 0 Å². The van der Waals surface area contributed by atoms with Crippen molar-refractivity contribution < 1.29 is 19.0 Å². The lowest BCUT2D eigenvalue weighted by Gasteiger charge is -2.26. The van der Waals surface area contributed by atoms with E-state index in [-0.39, 0.29) is 11.8 Å². The smallest absolute Gasteiger partial charge is 0.231 e. The third-order valence-electron chi connectivity index (χ3n) is 4.86. The Hall–Kier alpha value is -3.21. The van der Waals surface area contributed by atoms with Crippen molar-refractivity contribution in [2.75, 3.05) is 26.1 Å². The Labute approximate surface area is 165 Å². The molecule has 0 saturated heterocycles. The molecule has 28 heavy (non-hydrogen) atoms. The number of hydrogen-bond donors (Lipinski definition) is 1. The van der Waals surface area contributed by atoms with Crippen LogP contribution in [0.5, 0.6) is 17.2 Å². The fraction of sp³-hybridized carbons (Fsp3) is 0.261. The second-order valence-electron chi connectivity index (χ2n) is 6.51. The number of methoxy groups -OCH3 is 2. The van der Waals surface area contributed by atoms with E-state index >= 15 is 0 Å². The summed E-state index contributed by atoms with van der Waals surface area (Å²) in [7, 11) is 3.22. The molecule has 1 aliphatic rings. The number of carbonyl (C=O) groups is 1. The Bertz CT molecular complexity index is 917. The number of para-hydroxylation sites is 1. The molecule has 3 rings (SSSR count). The minimum Gasteiger partial charge on any atom is -0.496 e. The predicted octanol–water partition coefficient (Wildman–Crippen LogP) is 4.48. The van der Waals surface area contributed by atoms with Crippen LogP contribution in [0.2, 0.25) is 0 Å². The Kier molecular flexibility index (Phi) is 6.04. The van der Waals surface area contributed by atoms with Gasteiger partial charge < -0.3 is 19.5 Å². The van der Waals surface area contributed by atoms with Gasteiger partial charge in [0.2, 0.25) is 5.91 Å². The van der Waals surface area contributed by atoms with Crippen molar-refractivity contribution in [3.63, 3.8) is 0 Å². The highest BCUT2D eigenvalue weighted by molar-refractivity contribution is 5.94. The first-order valence-corrected chi connectivity index (χ1v) is 9.18. The fourth-order valence-electron chi connectivity index (χ4n) is 3.36. The van der Waals surface area contributed by atoms with E-state index in [9.17, 15) is 4.79 Å². The molecule has 1 N–H and O–H groups in total. The Morgan fingerprint density at radius 2 is 2.00 bits per heavy atom. The van der Waals surface area contributed by atoms with Gasteiger partial charge in [-0.05, 0) is 42.7 Å². The zero-order valence-electron chi connectivity index (χ0n) is 16.5. The molecule has 0 aromatic heterocycles. The van der Waals surface area contributed by atoms with Gasteiger partial charge in [0, 0.05) is 17.3 Å². The SMILES string of the molecule is C=C/C(=C\C)c1ccc(NC(=O)C2COc3c(cccc3OC)C2)cc1OC. The van der Waals surface area contributed by atoms with E-state index in [1.165, 1.54) is 0 Å². The Balaban J connectivity index is 1.75. The van der Waals surface area contributed by atoms with Gasteiger partial charge in [0.05, 0.1) is 20.1 Å². The maximum atomic E-state index is 12.8. The van der Waals surface area contributed by atoms with Crippen molar-refractivity contribution in [3.05, 3.63) is 66.3 Å². The Morgan fingerprint density at radius 3 is 2.68 bits per heavy atom. The predicted molar refractivity (Wildman–Crippen MR) is 111 cm³/mol. The zero-order valence-corrected chi connectivity index (χ0v) is 16.5. The fourth-order valence-corrected chi connectivity index (χ4v) is 3.36. The highest BCUT2D eigenvalue weighted by atomic mass is 16.5. The van der Waals surface area contributed by atoms with Crippen LogP contribution in [0.3, 0.4) is 0 Å². The van der Waals surface area contributed by atoms with Gasteiger partial charge in [-0.3, -0.25) is 4.79 Å². The van der Waals surface area contributed by atoms with E-state index in [0.29, 0.717) is 30.2 Å². The molecule has 0 spiro atoms. The van der Waals surface area contributed by atoms with Crippen LogP contribution < -0.4 is 19.5 Å². The first-order chi connectivity index (χ1) is 13.6. The van der Waals surface area contributed by atoms with E-state index < -0.39 is 0 Å². The maximum absolute atomic E-state index is 12.8. The standard InChI is InChI=1S/C23H25NO4/c1-5-15(6-2)19-11-10-18(13-21(19)27-4)24-23(25)17-12-16-8-7-9-20(26-3)22(16)28-14-17/h5-11,13,17H,1,12,14H2,2-4H3,(H,24,25)/b15-6+. The van der Waals surface area contributed by atoms with Crippen molar-refractivity contribution >= 4 is 17.2 Å². The summed E-state index contributed by atoms with van der Waals surface area (Å²) < 4.78 is 16.6. The molecule has 0 aliphatic carbocycles. The lowest BCUT2D eigenvalue weighted by molar-refractivity contribution is -0.121. The van der Waals surface area contributed by atoms with E-state index in [1.54, 1.807) is 20.3 Å². The molecule has 5 heteroatoms. The van der Waals surface area contributed by atoms with Gasteiger partial charge in [-0.25, -0.2) is 0 Å². The summed E-state index contributed by atoms with van der Waals surface area (Å²) in [6.45, 7) is 6.09. The largest absolute Gasteiger partial charge is 0.496 e. The van der Waals surface area contributed by atoms with Gasteiger partial charge >= 0.3 is 0 Å². The molecule has 5 nitrogen and oxygen atoms in total. The quantitative estimate of drug-likeness (QED) is 0.752. The van der Waals surface area contributed by atoms with Crippen LogP contribution in [0, 0.1) is 5.92 Å². The van der Waals surface area contributed by atoms with Gasteiger partial charge in [0.1, 0.15) is 12.4 Å². The number of nitrogens with one attached hydrogen (secondary N) is 1. The van der Waals surface area contributed by atoms with Crippen LogP contribution >= 0.6 is 0 Å². The average molecular weight is 379 g/mol. The topological polar surface area (TPSA) is 56.8 Å². The third kappa shape index (κ3) is 3.88. The molecular formula is C23H25NO4. The molecule has 0 radical (unpaired) electrons. The number of fused-ring (bicyclic) bond motifs is 1. The number of rotatable bonds is 6. The van der Waals surface area contributed by atoms with Gasteiger partial charge in [-0.2, -0.15) is 0 Å². The number of allylic oxidation sites excluding steroid dienone is 3. The summed E-state index contributed by atoms with van der Waals surface area (Å²) in [5, 5.41) is 2.97. The molecule has 2 aromatic rings. The number of anilines is 1. The van der Waals surface area contributed by atoms with Gasteiger partial charge in [-0.1, -0.05) is 30.9 Å². The average Bonchev–Trinajstić information content (AvgIpc) is 2.74. The van der Waals surface area contributed by atoms with E-state index in [0.717, 1.165) is 22.4 Å². The van der Waals surface area contributed by atoms with Gasteiger partial charge in [-0.15, -0.1) is 0 Å². The summed E-state index contributed by atoms with van der Waals surface area (Å²) in [5.41, 5.74) is 3.56. The van der Waals surface area contributed by atoms with Gasteiger partial charge in [0.15, 0.2) is 11.5 Å². The highest BCUT2D eigenvalue weighted by Gasteiger charge is 2.28. The molecule has 2 aromatic carbocycles. The molecule has 1 atom stereocenters. The minimum absolute atomic E-state index is 0.0850. The number of amides is 1.